The number of amides is 1. The molecule has 2 N–H and O–H groups in total. The van der Waals surface area contributed by atoms with E-state index in [0.29, 0.717) is 22.7 Å². The molecule has 0 fully saturated rings. The molecule has 3 rings (SSSR count). The molecule has 11 heteroatoms. The fourth-order valence-corrected chi connectivity index (χ4v) is 3.86. The number of nitrogens with one attached hydrogen (secondary N) is 2. The summed E-state index contributed by atoms with van der Waals surface area (Å²) in [5.41, 5.74) is 1.17. The fraction of sp³-hybridized carbons (Fsp3) is 0.136. The summed E-state index contributed by atoms with van der Waals surface area (Å²) in [6.45, 7) is 1.34. The maximum atomic E-state index is 12.6. The second-order valence-corrected chi connectivity index (χ2v) is 8.58. The number of carbonyl (C=O) groups excluding carboxylic acids is 1. The number of nitro benzene ring substituents is 1. The molecule has 0 saturated heterocycles. The first-order valence-electron chi connectivity index (χ1n) is 9.62. The number of non-ortho nitro benzene ring substituents is 1. The van der Waals surface area contributed by atoms with E-state index >= 15 is 0 Å². The predicted molar refractivity (Wildman–Crippen MR) is 122 cm³/mol. The Bertz CT molecular complexity index is 1280. The zero-order valence-corrected chi connectivity index (χ0v) is 18.6. The van der Waals surface area contributed by atoms with Crippen LogP contribution in [0.5, 0.6) is 11.5 Å². The highest BCUT2D eigenvalue weighted by atomic mass is 32.2. The number of anilines is 2. The van der Waals surface area contributed by atoms with Crippen LogP contribution in [0.25, 0.3) is 0 Å². The van der Waals surface area contributed by atoms with E-state index < -0.39 is 20.9 Å². The highest BCUT2D eigenvalue weighted by Crippen LogP contribution is 2.23. The Labute approximate surface area is 190 Å². The quantitative estimate of drug-likeness (QED) is 0.358. The zero-order chi connectivity index (χ0) is 24.0. The Balaban J connectivity index is 1.61. The van der Waals surface area contributed by atoms with Crippen molar-refractivity contribution in [3.63, 3.8) is 0 Å². The lowest BCUT2D eigenvalue weighted by Crippen LogP contribution is -2.20. The Morgan fingerprint density at radius 1 is 1.03 bits per heavy atom. The summed E-state index contributed by atoms with van der Waals surface area (Å²) in [4.78, 5) is 22.5. The molecule has 1 amide bonds. The second-order valence-electron chi connectivity index (χ2n) is 6.90. The average Bonchev–Trinajstić information content (AvgIpc) is 2.79. The minimum absolute atomic E-state index is 0.00865. The van der Waals surface area contributed by atoms with E-state index in [4.69, 9.17) is 9.47 Å². The van der Waals surface area contributed by atoms with E-state index in [1.165, 1.54) is 49.6 Å². The molecule has 0 aliphatic heterocycles. The number of aryl methyl sites for hydroxylation is 1. The zero-order valence-electron chi connectivity index (χ0n) is 17.8. The van der Waals surface area contributed by atoms with Gasteiger partial charge < -0.3 is 14.8 Å². The van der Waals surface area contributed by atoms with Crippen LogP contribution in [0.4, 0.5) is 17.1 Å². The number of nitrogens with zero attached hydrogens (tertiary/aromatic N) is 1. The topological polar surface area (TPSA) is 137 Å². The van der Waals surface area contributed by atoms with E-state index in [1.54, 1.807) is 31.2 Å². The van der Waals surface area contributed by atoms with Crippen molar-refractivity contribution in [1.82, 2.24) is 0 Å². The van der Waals surface area contributed by atoms with Gasteiger partial charge in [0.1, 0.15) is 11.5 Å². The molecule has 0 saturated carbocycles. The van der Waals surface area contributed by atoms with Crippen molar-refractivity contribution in [2.45, 2.75) is 11.8 Å². The van der Waals surface area contributed by atoms with E-state index in [0.717, 1.165) is 0 Å². The van der Waals surface area contributed by atoms with Crippen molar-refractivity contribution in [3.05, 3.63) is 82.4 Å². The van der Waals surface area contributed by atoms with Crippen LogP contribution in [-0.2, 0) is 14.8 Å². The standard InChI is InChI=1S/C22H21N3O7S/c1-15-6-7-17(25(27)28)13-21(15)23-22(26)14-32-18-8-10-20(11-9-18)33(29,30)24-16-4-3-5-19(12-16)31-2/h3-13,24H,14H2,1-2H3,(H,23,26). The van der Waals surface area contributed by atoms with Crippen LogP contribution < -0.4 is 19.5 Å². The number of benzene rings is 3. The molecule has 33 heavy (non-hydrogen) atoms. The molecule has 0 bridgehead atoms. The van der Waals surface area contributed by atoms with Gasteiger partial charge in [0.25, 0.3) is 21.6 Å². The van der Waals surface area contributed by atoms with Crippen molar-refractivity contribution < 1.29 is 27.6 Å². The third-order valence-electron chi connectivity index (χ3n) is 4.53. The highest BCUT2D eigenvalue weighted by Gasteiger charge is 2.15. The van der Waals surface area contributed by atoms with Gasteiger partial charge in [-0.3, -0.25) is 19.6 Å². The van der Waals surface area contributed by atoms with Gasteiger partial charge in [0, 0.05) is 18.2 Å². The molecule has 0 aliphatic carbocycles. The molecule has 3 aromatic carbocycles. The molecule has 0 heterocycles. The lowest BCUT2D eigenvalue weighted by Gasteiger charge is -2.11. The van der Waals surface area contributed by atoms with Crippen LogP contribution in [0.15, 0.2) is 71.6 Å². The molecule has 0 unspecified atom stereocenters. The van der Waals surface area contributed by atoms with E-state index in [2.05, 4.69) is 10.0 Å². The van der Waals surface area contributed by atoms with Crippen LogP contribution in [0.3, 0.4) is 0 Å². The van der Waals surface area contributed by atoms with Crippen LogP contribution in [-0.4, -0.2) is 33.0 Å². The van der Waals surface area contributed by atoms with Crippen LogP contribution in [0.2, 0.25) is 0 Å². The van der Waals surface area contributed by atoms with Gasteiger partial charge in [-0.05, 0) is 48.9 Å². The summed E-state index contributed by atoms with van der Waals surface area (Å²) < 4.78 is 38.1. The summed E-state index contributed by atoms with van der Waals surface area (Å²) in [5, 5.41) is 13.5. The number of carbonyl (C=O) groups is 1. The van der Waals surface area contributed by atoms with Crippen LogP contribution in [0.1, 0.15) is 5.56 Å². The minimum atomic E-state index is -3.84. The van der Waals surface area contributed by atoms with Crippen molar-refractivity contribution in [2.75, 3.05) is 23.8 Å². The van der Waals surface area contributed by atoms with Gasteiger partial charge in [0.15, 0.2) is 6.61 Å². The maximum absolute atomic E-state index is 12.6. The van der Waals surface area contributed by atoms with Crippen molar-refractivity contribution in [1.29, 1.82) is 0 Å². The normalized spacial score (nSPS) is 10.8. The third kappa shape index (κ3) is 6.20. The van der Waals surface area contributed by atoms with Gasteiger partial charge in [-0.15, -0.1) is 0 Å². The van der Waals surface area contributed by atoms with Gasteiger partial charge in [-0.1, -0.05) is 12.1 Å². The molecule has 0 atom stereocenters. The minimum Gasteiger partial charge on any atom is -0.497 e. The Morgan fingerprint density at radius 3 is 2.42 bits per heavy atom. The van der Waals surface area contributed by atoms with E-state index in [1.807, 2.05) is 0 Å². The number of hydrogen-bond donors (Lipinski definition) is 2. The van der Waals surface area contributed by atoms with Gasteiger partial charge in [0.2, 0.25) is 0 Å². The fourth-order valence-electron chi connectivity index (χ4n) is 2.81. The van der Waals surface area contributed by atoms with Crippen LogP contribution in [0, 0.1) is 17.0 Å². The smallest absolute Gasteiger partial charge is 0.271 e. The Kier molecular flexibility index (Phi) is 7.13. The first-order chi connectivity index (χ1) is 15.7. The summed E-state index contributed by atoms with van der Waals surface area (Å²) in [7, 11) is -2.35. The van der Waals surface area contributed by atoms with Gasteiger partial charge in [-0.2, -0.15) is 0 Å². The van der Waals surface area contributed by atoms with Crippen molar-refractivity contribution >= 4 is 33.0 Å². The SMILES string of the molecule is COc1cccc(NS(=O)(=O)c2ccc(OCC(=O)Nc3cc([N+](=O)[O-])ccc3C)cc2)c1. The first kappa shape index (κ1) is 23.5. The van der Waals surface area contributed by atoms with Gasteiger partial charge >= 0.3 is 0 Å². The molecular formula is C22H21N3O7S. The maximum Gasteiger partial charge on any atom is 0.271 e. The number of nitro groups is 1. The van der Waals surface area contributed by atoms with Crippen LogP contribution >= 0.6 is 0 Å². The highest BCUT2D eigenvalue weighted by molar-refractivity contribution is 7.92. The van der Waals surface area contributed by atoms with Crippen molar-refractivity contribution in [3.8, 4) is 11.5 Å². The number of sulfonamides is 1. The van der Waals surface area contributed by atoms with E-state index in [9.17, 15) is 23.3 Å². The molecule has 172 valence electrons. The molecule has 0 spiro atoms. The summed E-state index contributed by atoms with van der Waals surface area (Å²) in [6.07, 6.45) is 0. The van der Waals surface area contributed by atoms with Gasteiger partial charge in [0.05, 0.1) is 28.3 Å². The second kappa shape index (κ2) is 10.0. The summed E-state index contributed by atoms with van der Waals surface area (Å²) >= 11 is 0. The Hall–Kier alpha value is -4.12. The van der Waals surface area contributed by atoms with Gasteiger partial charge in [-0.25, -0.2) is 8.42 Å². The molecular weight excluding hydrogens is 450 g/mol. The first-order valence-corrected chi connectivity index (χ1v) is 11.1. The largest absolute Gasteiger partial charge is 0.497 e. The van der Waals surface area contributed by atoms with E-state index in [-0.39, 0.29) is 22.9 Å². The average molecular weight is 471 g/mol. The van der Waals surface area contributed by atoms with Crippen molar-refractivity contribution in [2.24, 2.45) is 0 Å². The number of hydrogen-bond acceptors (Lipinski definition) is 7. The lowest BCUT2D eigenvalue weighted by molar-refractivity contribution is -0.384. The number of ether oxygens (including phenoxy) is 2. The molecule has 0 aromatic heterocycles. The molecule has 0 radical (unpaired) electrons. The molecule has 3 aromatic rings. The predicted octanol–water partition coefficient (Wildman–Crippen LogP) is 3.73. The molecule has 10 nitrogen and oxygen atoms in total. The lowest BCUT2D eigenvalue weighted by atomic mass is 10.2. The number of methoxy groups -OCH3 is 1. The third-order valence-corrected chi connectivity index (χ3v) is 5.93. The number of rotatable bonds is 9. The monoisotopic (exact) mass is 471 g/mol. The summed E-state index contributed by atoms with van der Waals surface area (Å²) in [6, 6.07) is 16.2. The Morgan fingerprint density at radius 2 is 1.76 bits per heavy atom. The molecule has 0 aliphatic rings. The summed E-state index contributed by atoms with van der Waals surface area (Å²) in [5.74, 6) is 0.272.